The monoisotopic (exact) mass is 464 g/mol. The molecule has 3 aromatic rings. The summed E-state index contributed by atoms with van der Waals surface area (Å²) in [6, 6.07) is 6.79. The highest BCUT2D eigenvalue weighted by atomic mass is 16.5. The lowest BCUT2D eigenvalue weighted by molar-refractivity contribution is 0.0839. The van der Waals surface area contributed by atoms with Crippen molar-refractivity contribution in [2.75, 3.05) is 6.61 Å². The minimum absolute atomic E-state index is 0.00528. The Balaban J connectivity index is 1.49. The Morgan fingerprint density at radius 2 is 2.00 bits per heavy atom. The summed E-state index contributed by atoms with van der Waals surface area (Å²) in [6.45, 7) is 8.46. The molecule has 2 aliphatic rings. The van der Waals surface area contributed by atoms with E-state index in [1.165, 1.54) is 18.4 Å². The van der Waals surface area contributed by atoms with E-state index >= 15 is 0 Å². The molecule has 2 unspecified atom stereocenters. The van der Waals surface area contributed by atoms with E-state index in [2.05, 4.69) is 64.4 Å². The van der Waals surface area contributed by atoms with Crippen molar-refractivity contribution in [3.8, 4) is 0 Å². The molecule has 0 amide bonds. The highest BCUT2D eigenvalue weighted by Crippen LogP contribution is 2.34. The molecule has 1 saturated heterocycles. The van der Waals surface area contributed by atoms with Gasteiger partial charge in [0, 0.05) is 35.7 Å². The molecule has 1 saturated carbocycles. The first-order chi connectivity index (χ1) is 16.5. The van der Waals surface area contributed by atoms with Gasteiger partial charge in [0.2, 0.25) is 0 Å². The average Bonchev–Trinajstić information content (AvgIpc) is 3.58. The van der Waals surface area contributed by atoms with E-state index in [9.17, 15) is 4.79 Å². The van der Waals surface area contributed by atoms with Crippen LogP contribution in [0.4, 0.5) is 0 Å². The predicted octanol–water partition coefficient (Wildman–Crippen LogP) is 4.21. The van der Waals surface area contributed by atoms with Crippen molar-refractivity contribution in [1.82, 2.24) is 30.1 Å². The number of ether oxygens (including phenoxy) is 1. The Kier molecular flexibility index (Phi) is 6.79. The van der Waals surface area contributed by atoms with Crippen LogP contribution in [0.1, 0.15) is 80.4 Å². The molecule has 0 radical (unpaired) electrons. The van der Waals surface area contributed by atoms with Gasteiger partial charge in [-0.05, 0) is 79.6 Å². The van der Waals surface area contributed by atoms with Gasteiger partial charge in [-0.2, -0.15) is 0 Å². The molecule has 0 bridgehead atoms. The number of aromatic amines is 1. The summed E-state index contributed by atoms with van der Waals surface area (Å²) in [7, 11) is 0. The van der Waals surface area contributed by atoms with E-state index in [0.717, 1.165) is 66.6 Å². The maximum atomic E-state index is 13.2. The maximum Gasteiger partial charge on any atom is 0.252 e. The van der Waals surface area contributed by atoms with Gasteiger partial charge in [-0.3, -0.25) is 9.69 Å². The number of hydrogen-bond donors (Lipinski definition) is 1. The molecule has 8 heteroatoms. The maximum absolute atomic E-state index is 13.2. The Hall–Kier alpha value is -2.58. The molecule has 1 N–H and O–H groups in total. The molecule has 34 heavy (non-hydrogen) atoms. The fourth-order valence-corrected chi connectivity index (χ4v) is 5.89. The van der Waals surface area contributed by atoms with E-state index in [4.69, 9.17) is 4.74 Å². The van der Waals surface area contributed by atoms with Crippen LogP contribution in [0.2, 0.25) is 0 Å². The average molecular weight is 465 g/mol. The minimum Gasteiger partial charge on any atom is -0.376 e. The second kappa shape index (κ2) is 9.96. The van der Waals surface area contributed by atoms with Crippen LogP contribution in [0.5, 0.6) is 0 Å². The van der Waals surface area contributed by atoms with Crippen LogP contribution in [0, 0.1) is 13.8 Å². The molecule has 1 aliphatic carbocycles. The van der Waals surface area contributed by atoms with Gasteiger partial charge < -0.3 is 9.72 Å². The summed E-state index contributed by atoms with van der Waals surface area (Å²) in [4.78, 5) is 18.8. The van der Waals surface area contributed by atoms with E-state index in [-0.39, 0.29) is 17.7 Å². The smallest absolute Gasteiger partial charge is 0.252 e. The molecule has 2 atom stereocenters. The van der Waals surface area contributed by atoms with E-state index in [1.54, 1.807) is 0 Å². The second-order valence-electron chi connectivity index (χ2n) is 10.1. The zero-order chi connectivity index (χ0) is 23.7. The first-order valence-corrected chi connectivity index (χ1v) is 12.8. The third kappa shape index (κ3) is 4.66. The minimum atomic E-state index is -0.00528. The quantitative estimate of drug-likeness (QED) is 0.537. The number of benzene rings is 1. The van der Waals surface area contributed by atoms with E-state index < -0.39 is 0 Å². The fraction of sp³-hybridized carbons (Fsp3) is 0.615. The fourth-order valence-electron chi connectivity index (χ4n) is 5.89. The molecule has 2 fully saturated rings. The van der Waals surface area contributed by atoms with Crippen LogP contribution in [0.25, 0.3) is 10.9 Å². The number of rotatable bonds is 8. The number of pyridine rings is 1. The van der Waals surface area contributed by atoms with Crippen LogP contribution in [0.3, 0.4) is 0 Å². The first-order valence-electron chi connectivity index (χ1n) is 12.8. The summed E-state index contributed by atoms with van der Waals surface area (Å²) in [5.41, 5.74) is 4.06. The highest BCUT2D eigenvalue weighted by Gasteiger charge is 2.33. The summed E-state index contributed by atoms with van der Waals surface area (Å²) in [5.74, 6) is 0.883. The summed E-state index contributed by atoms with van der Waals surface area (Å²) >= 11 is 0. The predicted molar refractivity (Wildman–Crippen MR) is 132 cm³/mol. The van der Waals surface area contributed by atoms with Crippen LogP contribution >= 0.6 is 0 Å². The molecule has 2 aromatic heterocycles. The lowest BCUT2D eigenvalue weighted by Crippen LogP contribution is -2.39. The zero-order valence-electron chi connectivity index (χ0n) is 20.6. The molecule has 3 heterocycles. The number of hydrogen-bond acceptors (Lipinski definition) is 6. The number of aromatic nitrogens is 5. The van der Waals surface area contributed by atoms with Gasteiger partial charge in [0.1, 0.15) is 0 Å². The number of fused-ring (bicyclic) bond motifs is 1. The lowest BCUT2D eigenvalue weighted by Gasteiger charge is -2.35. The molecule has 1 aliphatic heterocycles. The second-order valence-corrected chi connectivity index (χ2v) is 10.1. The SMILES string of the molecule is CCC(c1nnnn1CC1CCCO1)N(Cc1cc2c(C)cc(C)cc2[nH]c1=O)C1CCCC1. The number of tetrazole rings is 1. The van der Waals surface area contributed by atoms with Crippen molar-refractivity contribution in [2.45, 2.75) is 97.0 Å². The number of nitrogens with zero attached hydrogens (tertiary/aromatic N) is 5. The van der Waals surface area contributed by atoms with E-state index in [0.29, 0.717) is 19.1 Å². The largest absolute Gasteiger partial charge is 0.376 e. The van der Waals surface area contributed by atoms with Gasteiger partial charge in [-0.15, -0.1) is 5.10 Å². The van der Waals surface area contributed by atoms with Crippen LogP contribution < -0.4 is 5.56 Å². The Labute approximate surface area is 200 Å². The summed E-state index contributed by atoms with van der Waals surface area (Å²) in [6.07, 6.45) is 7.95. The Morgan fingerprint density at radius 3 is 2.74 bits per heavy atom. The third-order valence-corrected chi connectivity index (χ3v) is 7.58. The number of aryl methyl sites for hydroxylation is 2. The van der Waals surface area contributed by atoms with Gasteiger partial charge in [-0.1, -0.05) is 25.8 Å². The normalized spacial score (nSPS) is 20.1. The zero-order valence-corrected chi connectivity index (χ0v) is 20.6. The molecular formula is C26H36N6O2. The van der Waals surface area contributed by atoms with Gasteiger partial charge >= 0.3 is 0 Å². The van der Waals surface area contributed by atoms with Gasteiger partial charge in [-0.25, -0.2) is 4.68 Å². The van der Waals surface area contributed by atoms with Crippen molar-refractivity contribution < 1.29 is 4.74 Å². The Bertz CT molecular complexity index is 1190. The molecule has 5 rings (SSSR count). The van der Waals surface area contributed by atoms with Gasteiger partial charge in [0.15, 0.2) is 5.82 Å². The van der Waals surface area contributed by atoms with Gasteiger partial charge in [0.25, 0.3) is 5.56 Å². The Morgan fingerprint density at radius 1 is 1.18 bits per heavy atom. The van der Waals surface area contributed by atoms with Crippen LogP contribution in [-0.4, -0.2) is 48.8 Å². The highest BCUT2D eigenvalue weighted by molar-refractivity contribution is 5.83. The topological polar surface area (TPSA) is 88.9 Å². The standard InChI is InChI=1S/C26H36N6O2/c1-4-24(25-28-29-30-32(25)16-21-10-7-11-34-21)31(20-8-5-6-9-20)15-19-14-22-18(3)12-17(2)13-23(22)27-26(19)33/h12-14,20-21,24H,4-11,15-16H2,1-3H3,(H,27,33). The number of H-pyrrole nitrogens is 1. The van der Waals surface area contributed by atoms with Crippen molar-refractivity contribution in [3.63, 3.8) is 0 Å². The first kappa shape index (κ1) is 23.2. The van der Waals surface area contributed by atoms with Crippen LogP contribution in [0.15, 0.2) is 23.0 Å². The lowest BCUT2D eigenvalue weighted by atomic mass is 10.0. The molecule has 182 valence electrons. The van der Waals surface area contributed by atoms with E-state index in [1.807, 2.05) is 4.68 Å². The summed E-state index contributed by atoms with van der Waals surface area (Å²) < 4.78 is 7.79. The van der Waals surface area contributed by atoms with Crippen molar-refractivity contribution >= 4 is 10.9 Å². The van der Waals surface area contributed by atoms with Gasteiger partial charge in [0.05, 0.1) is 18.7 Å². The molecule has 1 aromatic carbocycles. The van der Waals surface area contributed by atoms with Crippen molar-refractivity contribution in [1.29, 1.82) is 0 Å². The van der Waals surface area contributed by atoms with Crippen molar-refractivity contribution in [3.05, 3.63) is 51.1 Å². The van der Waals surface area contributed by atoms with Crippen LogP contribution in [-0.2, 0) is 17.8 Å². The van der Waals surface area contributed by atoms with Crippen molar-refractivity contribution in [2.24, 2.45) is 0 Å². The molecule has 8 nitrogen and oxygen atoms in total. The summed E-state index contributed by atoms with van der Waals surface area (Å²) in [5, 5.41) is 14.0. The number of nitrogens with one attached hydrogen (secondary N) is 1. The molecular weight excluding hydrogens is 428 g/mol. The third-order valence-electron chi connectivity index (χ3n) is 7.58. The molecule has 0 spiro atoms.